The van der Waals surface area contributed by atoms with Crippen molar-refractivity contribution in [3.05, 3.63) is 17.8 Å². The fraction of sp³-hybridized carbons (Fsp3) is 0.417. The van der Waals surface area contributed by atoms with Crippen LogP contribution in [0.3, 0.4) is 0 Å². The molecule has 0 spiro atoms. The summed E-state index contributed by atoms with van der Waals surface area (Å²) in [4.78, 5) is 20.3. The number of hydrogen-bond donors (Lipinski definition) is 0. The predicted molar refractivity (Wildman–Crippen MR) is 61.6 cm³/mol. The average Bonchev–Trinajstić information content (AvgIpc) is 2.33. The van der Waals surface area contributed by atoms with Crippen molar-refractivity contribution in [3.8, 4) is 5.88 Å². The number of ether oxygens (including phenoxy) is 1. The molecule has 0 radical (unpaired) electrons. The highest BCUT2D eigenvalue weighted by Crippen LogP contribution is 2.37. The first-order valence-electron chi connectivity index (χ1n) is 5.26. The number of carbonyl (C=O) groups is 1. The van der Waals surface area contributed by atoms with E-state index >= 15 is 0 Å². The number of fused-ring (bicyclic) bond motifs is 1. The third kappa shape index (κ3) is 1.41. The van der Waals surface area contributed by atoms with Crippen molar-refractivity contribution in [3.63, 3.8) is 0 Å². The molecule has 0 aliphatic carbocycles. The number of aliphatic imine (C=N–C) groups is 1. The number of rotatable bonds is 2. The molecule has 4 heteroatoms. The van der Waals surface area contributed by atoms with Crippen LogP contribution >= 0.6 is 0 Å². The second kappa shape index (κ2) is 3.70. The summed E-state index contributed by atoms with van der Waals surface area (Å²) >= 11 is 0. The summed E-state index contributed by atoms with van der Waals surface area (Å²) in [7, 11) is 1.56. The molecule has 2 rings (SSSR count). The maximum atomic E-state index is 11.9. The molecule has 0 aromatic carbocycles. The maximum Gasteiger partial charge on any atom is 0.213 e. The number of methoxy groups -OCH3 is 1. The number of Topliss-reactive ketones (excluding diaryl/α,β-unsaturated/α-hetero) is 1. The fourth-order valence-corrected chi connectivity index (χ4v) is 1.79. The van der Waals surface area contributed by atoms with Gasteiger partial charge in [-0.3, -0.25) is 9.79 Å². The number of ketones is 1. The van der Waals surface area contributed by atoms with E-state index in [1.165, 1.54) is 6.21 Å². The monoisotopic (exact) mass is 218 g/mol. The SMILES string of the molecule is CC[C@@]1(C)C(=O)C=Nc2ccc(OC)nc21. The molecule has 0 N–H and O–H groups in total. The lowest BCUT2D eigenvalue weighted by Gasteiger charge is -2.28. The minimum absolute atomic E-state index is 0.00301. The summed E-state index contributed by atoms with van der Waals surface area (Å²) in [6.07, 6.45) is 2.09. The van der Waals surface area contributed by atoms with Crippen molar-refractivity contribution in [1.82, 2.24) is 4.98 Å². The highest BCUT2D eigenvalue weighted by molar-refractivity contribution is 6.33. The van der Waals surface area contributed by atoms with E-state index in [9.17, 15) is 4.79 Å². The molecule has 1 aromatic rings. The molecule has 1 aliphatic rings. The molecule has 1 aromatic heterocycles. The van der Waals surface area contributed by atoms with Gasteiger partial charge in [0.05, 0.1) is 30.1 Å². The third-order valence-corrected chi connectivity index (χ3v) is 3.15. The number of pyridine rings is 1. The van der Waals surface area contributed by atoms with Gasteiger partial charge in [0.25, 0.3) is 0 Å². The standard InChI is InChI=1S/C12H14N2O2/c1-4-12(2)9(15)7-13-8-5-6-10(16-3)14-11(8)12/h5-7H,4H2,1-3H3/t12-/m0/s1. The van der Waals surface area contributed by atoms with Crippen LogP contribution in [0.5, 0.6) is 5.88 Å². The Kier molecular flexibility index (Phi) is 2.50. The van der Waals surface area contributed by atoms with E-state index < -0.39 is 5.41 Å². The summed E-state index contributed by atoms with van der Waals surface area (Å²) in [5.74, 6) is 0.520. The van der Waals surface area contributed by atoms with Crippen LogP contribution in [0.4, 0.5) is 5.69 Å². The van der Waals surface area contributed by atoms with Crippen molar-refractivity contribution in [2.24, 2.45) is 4.99 Å². The summed E-state index contributed by atoms with van der Waals surface area (Å²) in [6.45, 7) is 3.87. The number of carbonyl (C=O) groups excluding carboxylic acids is 1. The molecule has 16 heavy (non-hydrogen) atoms. The molecule has 0 unspecified atom stereocenters. The molecule has 4 nitrogen and oxygen atoms in total. The van der Waals surface area contributed by atoms with E-state index in [2.05, 4.69) is 9.98 Å². The van der Waals surface area contributed by atoms with Crippen molar-refractivity contribution in [1.29, 1.82) is 0 Å². The van der Waals surface area contributed by atoms with Gasteiger partial charge in [0.15, 0.2) is 5.78 Å². The Bertz CT molecular complexity index is 468. The van der Waals surface area contributed by atoms with Crippen molar-refractivity contribution in [2.45, 2.75) is 25.7 Å². The molecule has 0 bridgehead atoms. The second-order valence-electron chi connectivity index (χ2n) is 4.03. The van der Waals surface area contributed by atoms with E-state index in [0.29, 0.717) is 18.0 Å². The van der Waals surface area contributed by atoms with Crippen LogP contribution in [0.2, 0.25) is 0 Å². The van der Waals surface area contributed by atoms with Crippen molar-refractivity contribution >= 4 is 17.7 Å². The third-order valence-electron chi connectivity index (χ3n) is 3.15. The highest BCUT2D eigenvalue weighted by atomic mass is 16.5. The molecule has 1 aliphatic heterocycles. The maximum absolute atomic E-state index is 11.9. The zero-order chi connectivity index (χ0) is 11.8. The van der Waals surface area contributed by atoms with E-state index in [0.717, 1.165) is 5.69 Å². The first kappa shape index (κ1) is 10.8. The molecule has 1 atom stereocenters. The van der Waals surface area contributed by atoms with Gasteiger partial charge in [-0.05, 0) is 19.4 Å². The van der Waals surface area contributed by atoms with Gasteiger partial charge in [-0.2, -0.15) is 0 Å². The Balaban J connectivity index is 2.63. The normalized spacial score (nSPS) is 23.1. The topological polar surface area (TPSA) is 51.5 Å². The first-order chi connectivity index (χ1) is 7.61. The molecular weight excluding hydrogens is 204 g/mol. The van der Waals surface area contributed by atoms with Gasteiger partial charge in [0.2, 0.25) is 5.88 Å². The van der Waals surface area contributed by atoms with E-state index in [1.54, 1.807) is 13.2 Å². The van der Waals surface area contributed by atoms with Crippen LogP contribution in [0.25, 0.3) is 0 Å². The Hall–Kier alpha value is -1.71. The Labute approximate surface area is 94.4 Å². The molecule has 2 heterocycles. The zero-order valence-corrected chi connectivity index (χ0v) is 9.65. The quantitative estimate of drug-likeness (QED) is 0.763. The molecule has 0 saturated carbocycles. The molecule has 0 saturated heterocycles. The summed E-state index contributed by atoms with van der Waals surface area (Å²) < 4.78 is 5.08. The molecular formula is C12H14N2O2. The minimum atomic E-state index is -0.578. The van der Waals surface area contributed by atoms with Gasteiger partial charge in [-0.1, -0.05) is 6.92 Å². The summed E-state index contributed by atoms with van der Waals surface area (Å²) in [6, 6.07) is 3.58. The highest BCUT2D eigenvalue weighted by Gasteiger charge is 2.38. The lowest BCUT2D eigenvalue weighted by Crippen LogP contribution is -2.36. The number of aromatic nitrogens is 1. The summed E-state index contributed by atoms with van der Waals surface area (Å²) in [5, 5.41) is 0. The van der Waals surface area contributed by atoms with Crippen molar-refractivity contribution in [2.75, 3.05) is 7.11 Å². The van der Waals surface area contributed by atoms with Gasteiger partial charge < -0.3 is 4.74 Å². The van der Waals surface area contributed by atoms with Gasteiger partial charge in [-0.25, -0.2) is 4.98 Å². The smallest absolute Gasteiger partial charge is 0.213 e. The van der Waals surface area contributed by atoms with Crippen molar-refractivity contribution < 1.29 is 9.53 Å². The van der Waals surface area contributed by atoms with Crippen LogP contribution in [0.1, 0.15) is 26.0 Å². The molecule has 84 valence electrons. The van der Waals surface area contributed by atoms with Gasteiger partial charge >= 0.3 is 0 Å². The van der Waals surface area contributed by atoms with Crippen LogP contribution in [-0.4, -0.2) is 24.1 Å². The molecule has 0 fully saturated rings. The molecule has 0 amide bonds. The van der Waals surface area contributed by atoms with E-state index in [1.807, 2.05) is 19.9 Å². The fourth-order valence-electron chi connectivity index (χ4n) is 1.79. The minimum Gasteiger partial charge on any atom is -0.481 e. The lowest BCUT2D eigenvalue weighted by molar-refractivity contribution is -0.117. The van der Waals surface area contributed by atoms with E-state index in [4.69, 9.17) is 4.74 Å². The first-order valence-corrected chi connectivity index (χ1v) is 5.26. The largest absolute Gasteiger partial charge is 0.481 e. The van der Waals surface area contributed by atoms with Crippen LogP contribution in [0, 0.1) is 0 Å². The Morgan fingerprint density at radius 2 is 2.19 bits per heavy atom. The Morgan fingerprint density at radius 3 is 2.81 bits per heavy atom. The van der Waals surface area contributed by atoms with Gasteiger partial charge in [-0.15, -0.1) is 0 Å². The average molecular weight is 218 g/mol. The second-order valence-corrected chi connectivity index (χ2v) is 4.03. The van der Waals surface area contributed by atoms with Crippen LogP contribution in [-0.2, 0) is 10.2 Å². The predicted octanol–water partition coefficient (Wildman–Crippen LogP) is 2.04. The van der Waals surface area contributed by atoms with E-state index in [-0.39, 0.29) is 5.78 Å². The van der Waals surface area contributed by atoms with Gasteiger partial charge in [0, 0.05) is 6.07 Å². The zero-order valence-electron chi connectivity index (χ0n) is 9.65. The number of nitrogens with zero attached hydrogens (tertiary/aromatic N) is 2. The van der Waals surface area contributed by atoms with Gasteiger partial charge in [0.1, 0.15) is 0 Å². The van der Waals surface area contributed by atoms with Crippen LogP contribution < -0.4 is 4.74 Å². The summed E-state index contributed by atoms with van der Waals surface area (Å²) in [5.41, 5.74) is 0.887. The van der Waals surface area contributed by atoms with Crippen LogP contribution in [0.15, 0.2) is 17.1 Å². The Morgan fingerprint density at radius 1 is 1.44 bits per heavy atom. The number of hydrogen-bond acceptors (Lipinski definition) is 4. The lowest BCUT2D eigenvalue weighted by atomic mass is 9.77.